The maximum absolute atomic E-state index is 12.4. The number of carbonyl (C=O) groups excluding carboxylic acids is 3. The Morgan fingerprint density at radius 2 is 1.81 bits per heavy atom. The Morgan fingerprint density at radius 3 is 2.48 bits per heavy atom. The number of rotatable bonds is 10. The van der Waals surface area contributed by atoms with Gasteiger partial charge in [0, 0.05) is 37.4 Å². The first-order valence-corrected chi connectivity index (χ1v) is 10.6. The first-order chi connectivity index (χ1) is 15.0. The van der Waals surface area contributed by atoms with E-state index in [0.717, 1.165) is 6.42 Å². The second kappa shape index (κ2) is 10.8. The third-order valence-electron chi connectivity index (χ3n) is 5.58. The molecule has 31 heavy (non-hydrogen) atoms. The number of nitrogens with zero attached hydrogens (tertiary/aromatic N) is 1. The highest BCUT2D eigenvalue weighted by molar-refractivity contribution is 5.98. The van der Waals surface area contributed by atoms with E-state index in [0.29, 0.717) is 30.8 Å². The molecule has 0 saturated carbocycles. The fourth-order valence-electron chi connectivity index (χ4n) is 3.69. The van der Waals surface area contributed by atoms with Crippen LogP contribution in [-0.4, -0.2) is 49.4 Å². The van der Waals surface area contributed by atoms with E-state index in [1.807, 2.05) is 23.1 Å². The van der Waals surface area contributed by atoms with Gasteiger partial charge in [0.25, 0.3) is 0 Å². The average Bonchev–Trinajstić information content (AvgIpc) is 3.16. The summed E-state index contributed by atoms with van der Waals surface area (Å²) in [6.07, 6.45) is 1.28. The third kappa shape index (κ3) is 6.41. The number of esters is 1. The van der Waals surface area contributed by atoms with Crippen LogP contribution in [-0.2, 0) is 20.7 Å². The lowest BCUT2D eigenvalue weighted by molar-refractivity contribution is -0.149. The Hall–Kier alpha value is -3.15. The largest absolute Gasteiger partial charge is 0.497 e. The molecule has 6 nitrogen and oxygen atoms in total. The Kier molecular flexibility index (Phi) is 7.82. The molecule has 1 aliphatic heterocycles. The van der Waals surface area contributed by atoms with Crippen molar-refractivity contribution in [2.75, 3.05) is 26.8 Å². The number of hydrogen-bond acceptors (Lipinski definition) is 5. The van der Waals surface area contributed by atoms with Crippen molar-refractivity contribution in [1.82, 2.24) is 4.90 Å². The third-order valence-corrected chi connectivity index (χ3v) is 5.58. The topological polar surface area (TPSA) is 72.9 Å². The van der Waals surface area contributed by atoms with Gasteiger partial charge in [0.1, 0.15) is 5.75 Å². The van der Waals surface area contributed by atoms with Gasteiger partial charge in [-0.2, -0.15) is 0 Å². The molecule has 2 aromatic rings. The molecule has 0 aromatic heterocycles. The molecule has 0 bridgehead atoms. The molecule has 3 rings (SSSR count). The highest BCUT2D eigenvalue weighted by atomic mass is 16.5. The van der Waals surface area contributed by atoms with Crippen LogP contribution in [0.2, 0.25) is 0 Å². The van der Waals surface area contributed by atoms with Crippen molar-refractivity contribution in [2.45, 2.75) is 26.2 Å². The molecule has 1 heterocycles. The van der Waals surface area contributed by atoms with Crippen molar-refractivity contribution in [1.29, 1.82) is 0 Å². The van der Waals surface area contributed by atoms with E-state index < -0.39 is 11.9 Å². The monoisotopic (exact) mass is 423 g/mol. The molecule has 2 atom stereocenters. The Balaban J connectivity index is 1.41. The minimum Gasteiger partial charge on any atom is -0.497 e. The Morgan fingerprint density at radius 1 is 1.10 bits per heavy atom. The number of hydrogen-bond donors (Lipinski definition) is 0. The maximum atomic E-state index is 12.4. The molecule has 1 amide bonds. The van der Waals surface area contributed by atoms with Gasteiger partial charge in [0.05, 0.1) is 19.6 Å². The van der Waals surface area contributed by atoms with Crippen molar-refractivity contribution >= 4 is 17.7 Å². The zero-order valence-electron chi connectivity index (χ0n) is 18.1. The number of amides is 1. The van der Waals surface area contributed by atoms with Crippen molar-refractivity contribution in [2.24, 2.45) is 11.8 Å². The van der Waals surface area contributed by atoms with Crippen LogP contribution in [0.3, 0.4) is 0 Å². The number of methoxy groups -OCH3 is 1. The summed E-state index contributed by atoms with van der Waals surface area (Å²) in [5, 5.41) is 0. The van der Waals surface area contributed by atoms with E-state index in [-0.39, 0.29) is 30.6 Å². The molecule has 1 fully saturated rings. The Labute approximate surface area is 183 Å². The van der Waals surface area contributed by atoms with E-state index >= 15 is 0 Å². The lowest BCUT2D eigenvalue weighted by Crippen LogP contribution is -2.28. The van der Waals surface area contributed by atoms with E-state index in [2.05, 4.69) is 12.1 Å². The van der Waals surface area contributed by atoms with Gasteiger partial charge in [-0.1, -0.05) is 37.3 Å². The quantitative estimate of drug-likeness (QED) is 0.432. The first kappa shape index (κ1) is 22.5. The lowest BCUT2D eigenvalue weighted by Gasteiger charge is -2.17. The van der Waals surface area contributed by atoms with Crippen LogP contribution in [0.4, 0.5) is 0 Å². The van der Waals surface area contributed by atoms with E-state index in [1.165, 1.54) is 5.56 Å². The van der Waals surface area contributed by atoms with Gasteiger partial charge in [-0.05, 0) is 36.2 Å². The summed E-state index contributed by atoms with van der Waals surface area (Å²) in [6, 6.07) is 16.9. The fraction of sp³-hybridized carbons (Fsp3) is 0.400. The average molecular weight is 424 g/mol. The van der Waals surface area contributed by atoms with E-state index in [1.54, 1.807) is 38.3 Å². The molecule has 0 aliphatic carbocycles. The van der Waals surface area contributed by atoms with Crippen LogP contribution in [0.15, 0.2) is 54.6 Å². The second-order valence-corrected chi connectivity index (χ2v) is 8.03. The van der Waals surface area contributed by atoms with E-state index in [4.69, 9.17) is 9.47 Å². The van der Waals surface area contributed by atoms with Gasteiger partial charge < -0.3 is 14.4 Å². The summed E-state index contributed by atoms with van der Waals surface area (Å²) < 4.78 is 10.5. The van der Waals surface area contributed by atoms with Gasteiger partial charge in [0.15, 0.2) is 5.78 Å². The van der Waals surface area contributed by atoms with Crippen molar-refractivity contribution in [3.05, 3.63) is 65.7 Å². The molecular weight excluding hydrogens is 394 g/mol. The number of ether oxygens (including phenoxy) is 2. The smallest absolute Gasteiger partial charge is 0.309 e. The summed E-state index contributed by atoms with van der Waals surface area (Å²) in [5.41, 5.74) is 1.73. The zero-order chi connectivity index (χ0) is 22.2. The summed E-state index contributed by atoms with van der Waals surface area (Å²) in [6.45, 7) is 3.15. The number of Topliss-reactive ketones (excluding diaryl/α,β-unsaturated/α-hetero) is 1. The Bertz CT molecular complexity index is 894. The van der Waals surface area contributed by atoms with Gasteiger partial charge in [-0.15, -0.1) is 0 Å². The van der Waals surface area contributed by atoms with Gasteiger partial charge in [-0.25, -0.2) is 0 Å². The van der Waals surface area contributed by atoms with Crippen molar-refractivity contribution < 1.29 is 23.9 Å². The van der Waals surface area contributed by atoms with Crippen LogP contribution in [0.1, 0.15) is 35.7 Å². The number of carbonyl (C=O) groups is 3. The highest BCUT2D eigenvalue weighted by Gasteiger charge is 2.30. The van der Waals surface area contributed by atoms with Crippen LogP contribution < -0.4 is 4.74 Å². The summed E-state index contributed by atoms with van der Waals surface area (Å²) in [5.74, 6) is -0.294. The SMILES string of the molecule is COc1ccc(C(=O)C[C@@H](C)C(=O)OC[C@H]2CC(=O)N(CCc3ccccc3)C2)cc1. The molecule has 0 radical (unpaired) electrons. The molecular formula is C25H29NO5. The standard InChI is InChI=1S/C25H29NO5/c1-18(14-23(27)21-8-10-22(30-2)11-9-21)25(29)31-17-20-15-24(28)26(16-20)13-12-19-6-4-3-5-7-19/h3-11,18,20H,12-17H2,1-2H3/t18-,20+/m1/s1. The number of ketones is 1. The minimum absolute atomic E-state index is 0.00304. The number of likely N-dealkylation sites (tertiary alicyclic amines) is 1. The molecule has 6 heteroatoms. The van der Waals surface area contributed by atoms with Gasteiger partial charge >= 0.3 is 5.97 Å². The minimum atomic E-state index is -0.541. The van der Waals surface area contributed by atoms with Crippen LogP contribution >= 0.6 is 0 Å². The molecule has 0 N–H and O–H groups in total. The predicted molar refractivity (Wildman–Crippen MR) is 117 cm³/mol. The molecule has 1 aliphatic rings. The normalized spacial score (nSPS) is 16.8. The van der Waals surface area contributed by atoms with Crippen molar-refractivity contribution in [3.8, 4) is 5.75 Å². The highest BCUT2D eigenvalue weighted by Crippen LogP contribution is 2.20. The van der Waals surface area contributed by atoms with Gasteiger partial charge in [-0.3, -0.25) is 14.4 Å². The molecule has 164 valence electrons. The molecule has 0 unspecified atom stereocenters. The first-order valence-electron chi connectivity index (χ1n) is 10.6. The molecule has 0 spiro atoms. The second-order valence-electron chi connectivity index (χ2n) is 8.03. The summed E-state index contributed by atoms with van der Waals surface area (Å²) in [7, 11) is 1.56. The molecule has 2 aromatic carbocycles. The van der Waals surface area contributed by atoms with Crippen LogP contribution in [0, 0.1) is 11.8 Å². The molecule has 1 saturated heterocycles. The summed E-state index contributed by atoms with van der Waals surface area (Å²) >= 11 is 0. The van der Waals surface area contributed by atoms with E-state index in [9.17, 15) is 14.4 Å². The lowest BCUT2D eigenvalue weighted by atomic mass is 10.00. The predicted octanol–water partition coefficient (Wildman–Crippen LogP) is 3.54. The zero-order valence-corrected chi connectivity index (χ0v) is 18.1. The fourth-order valence-corrected chi connectivity index (χ4v) is 3.69. The maximum Gasteiger partial charge on any atom is 0.309 e. The van der Waals surface area contributed by atoms with Gasteiger partial charge in [0.2, 0.25) is 5.91 Å². The summed E-state index contributed by atoms with van der Waals surface area (Å²) in [4.78, 5) is 38.8. The van der Waals surface area contributed by atoms with Crippen LogP contribution in [0.5, 0.6) is 5.75 Å². The van der Waals surface area contributed by atoms with Crippen LogP contribution in [0.25, 0.3) is 0 Å². The van der Waals surface area contributed by atoms with Crippen molar-refractivity contribution in [3.63, 3.8) is 0 Å². The number of benzene rings is 2.